The smallest absolute Gasteiger partial charge is 0.274 e. The molecule has 0 N–H and O–H groups in total. The monoisotopic (exact) mass is 375 g/mol. The molecular formula is C18H25N5O4. The molecule has 0 aromatic carbocycles. The van der Waals surface area contributed by atoms with Crippen molar-refractivity contribution in [1.29, 1.82) is 0 Å². The van der Waals surface area contributed by atoms with Crippen molar-refractivity contribution in [3.63, 3.8) is 0 Å². The maximum absolute atomic E-state index is 12.7. The highest BCUT2D eigenvalue weighted by Gasteiger charge is 2.41. The third kappa shape index (κ3) is 3.74. The number of aromatic nitrogens is 2. The molecule has 0 saturated carbocycles. The third-order valence-electron chi connectivity index (χ3n) is 5.54. The van der Waals surface area contributed by atoms with E-state index in [1.54, 1.807) is 17.9 Å². The molecule has 0 unspecified atom stereocenters. The van der Waals surface area contributed by atoms with Crippen LogP contribution in [0, 0.1) is 0 Å². The number of rotatable bonds is 2. The maximum Gasteiger partial charge on any atom is 0.274 e. The van der Waals surface area contributed by atoms with Crippen LogP contribution in [0.25, 0.3) is 0 Å². The van der Waals surface area contributed by atoms with Gasteiger partial charge in [0.2, 0.25) is 5.91 Å². The summed E-state index contributed by atoms with van der Waals surface area (Å²) in [5, 5.41) is 8.38. The highest BCUT2D eigenvalue weighted by molar-refractivity contribution is 5.92. The van der Waals surface area contributed by atoms with Gasteiger partial charge >= 0.3 is 0 Å². The second-order valence-electron chi connectivity index (χ2n) is 7.17. The number of piperidine rings is 1. The summed E-state index contributed by atoms with van der Waals surface area (Å²) >= 11 is 0. The summed E-state index contributed by atoms with van der Waals surface area (Å²) in [6.07, 6.45) is 1.37. The predicted molar refractivity (Wildman–Crippen MR) is 96.3 cm³/mol. The molecule has 3 saturated heterocycles. The minimum Gasteiger partial charge on any atom is -0.352 e. The lowest BCUT2D eigenvalue weighted by Crippen LogP contribution is -2.48. The van der Waals surface area contributed by atoms with Crippen molar-refractivity contribution in [3.8, 4) is 0 Å². The van der Waals surface area contributed by atoms with Gasteiger partial charge in [0, 0.05) is 59.0 Å². The predicted octanol–water partition coefficient (Wildman–Crippen LogP) is 0.124. The van der Waals surface area contributed by atoms with E-state index in [9.17, 15) is 9.59 Å². The fraction of sp³-hybridized carbons (Fsp3) is 0.667. The van der Waals surface area contributed by atoms with Crippen LogP contribution >= 0.6 is 0 Å². The molecule has 4 rings (SSSR count). The summed E-state index contributed by atoms with van der Waals surface area (Å²) in [4.78, 5) is 29.8. The lowest BCUT2D eigenvalue weighted by Gasteiger charge is -2.37. The number of amides is 2. The van der Waals surface area contributed by atoms with E-state index in [4.69, 9.17) is 9.47 Å². The number of hydrogen-bond donors (Lipinski definition) is 0. The first-order valence-electron chi connectivity index (χ1n) is 9.48. The average molecular weight is 375 g/mol. The molecular weight excluding hydrogens is 350 g/mol. The topological polar surface area (TPSA) is 88.1 Å². The molecule has 2 amide bonds. The second kappa shape index (κ2) is 7.40. The normalized spacial score (nSPS) is 22.3. The average Bonchev–Trinajstić information content (AvgIpc) is 3.16. The largest absolute Gasteiger partial charge is 0.352 e. The molecule has 3 aliphatic rings. The SMILES string of the molecule is CC(=O)N1CCN(c2ccc(C(=O)N3CCC4(CC3)OCCO4)nn2)CC1. The van der Waals surface area contributed by atoms with Gasteiger partial charge in [-0.2, -0.15) is 0 Å². The van der Waals surface area contributed by atoms with Gasteiger partial charge in [-0.05, 0) is 12.1 Å². The van der Waals surface area contributed by atoms with Crippen LogP contribution in [0.2, 0.25) is 0 Å². The minimum atomic E-state index is -0.492. The number of carbonyl (C=O) groups is 2. The van der Waals surface area contributed by atoms with E-state index in [0.29, 0.717) is 57.9 Å². The van der Waals surface area contributed by atoms with E-state index in [2.05, 4.69) is 15.1 Å². The molecule has 3 aliphatic heterocycles. The Morgan fingerprint density at radius 1 is 0.926 bits per heavy atom. The van der Waals surface area contributed by atoms with E-state index in [-0.39, 0.29) is 11.8 Å². The van der Waals surface area contributed by atoms with Crippen LogP contribution in [0.5, 0.6) is 0 Å². The summed E-state index contributed by atoms with van der Waals surface area (Å²) < 4.78 is 11.4. The Balaban J connectivity index is 1.34. The van der Waals surface area contributed by atoms with Crippen molar-refractivity contribution in [2.75, 3.05) is 57.4 Å². The lowest BCUT2D eigenvalue weighted by molar-refractivity contribution is -0.181. The summed E-state index contributed by atoms with van der Waals surface area (Å²) in [6, 6.07) is 3.56. The Labute approximate surface area is 158 Å². The van der Waals surface area contributed by atoms with Crippen LogP contribution in [-0.2, 0) is 14.3 Å². The molecule has 0 aliphatic carbocycles. The Hall–Kier alpha value is -2.26. The van der Waals surface area contributed by atoms with Gasteiger partial charge in [-0.15, -0.1) is 10.2 Å². The Kier molecular flexibility index (Phi) is 4.96. The van der Waals surface area contributed by atoms with Crippen molar-refractivity contribution in [3.05, 3.63) is 17.8 Å². The zero-order chi connectivity index (χ0) is 18.9. The summed E-state index contributed by atoms with van der Waals surface area (Å²) in [7, 11) is 0. The molecule has 1 aromatic heterocycles. The fourth-order valence-corrected chi connectivity index (χ4v) is 3.86. The fourth-order valence-electron chi connectivity index (χ4n) is 3.86. The standard InChI is InChI=1S/C18H25N5O4/c1-14(24)21-8-10-22(11-9-21)16-3-2-15(19-20-16)17(25)23-6-4-18(5-7-23)26-12-13-27-18/h2-3H,4-13H2,1H3. The number of piperazine rings is 1. The van der Waals surface area contributed by atoms with E-state index in [0.717, 1.165) is 18.9 Å². The summed E-state index contributed by atoms with van der Waals surface area (Å²) in [5.41, 5.74) is 0.352. The van der Waals surface area contributed by atoms with Gasteiger partial charge < -0.3 is 24.2 Å². The molecule has 0 bridgehead atoms. The van der Waals surface area contributed by atoms with Gasteiger partial charge in [-0.1, -0.05) is 0 Å². The van der Waals surface area contributed by atoms with Crippen LogP contribution in [0.3, 0.4) is 0 Å². The zero-order valence-electron chi connectivity index (χ0n) is 15.6. The molecule has 0 radical (unpaired) electrons. The summed E-state index contributed by atoms with van der Waals surface area (Å²) in [5.74, 6) is 0.232. The number of nitrogens with zero attached hydrogens (tertiary/aromatic N) is 5. The molecule has 3 fully saturated rings. The first-order chi connectivity index (χ1) is 13.1. The molecule has 27 heavy (non-hydrogen) atoms. The van der Waals surface area contributed by atoms with Crippen LogP contribution in [0.1, 0.15) is 30.3 Å². The van der Waals surface area contributed by atoms with Gasteiger partial charge in [0.25, 0.3) is 5.91 Å². The van der Waals surface area contributed by atoms with E-state index in [1.165, 1.54) is 0 Å². The number of hydrogen-bond acceptors (Lipinski definition) is 7. The highest BCUT2D eigenvalue weighted by atomic mass is 16.7. The molecule has 1 aromatic rings. The van der Waals surface area contributed by atoms with Crippen molar-refractivity contribution < 1.29 is 19.1 Å². The van der Waals surface area contributed by atoms with E-state index in [1.807, 2.05) is 11.0 Å². The second-order valence-corrected chi connectivity index (χ2v) is 7.17. The van der Waals surface area contributed by atoms with Crippen LogP contribution < -0.4 is 4.90 Å². The number of anilines is 1. The van der Waals surface area contributed by atoms with Crippen molar-refractivity contribution in [2.45, 2.75) is 25.6 Å². The van der Waals surface area contributed by atoms with Gasteiger partial charge in [-0.25, -0.2) is 0 Å². The van der Waals surface area contributed by atoms with Crippen LogP contribution in [-0.4, -0.2) is 90.1 Å². The first kappa shape index (κ1) is 18.1. The summed E-state index contributed by atoms with van der Waals surface area (Å²) in [6.45, 7) is 6.82. The van der Waals surface area contributed by atoms with Crippen molar-refractivity contribution >= 4 is 17.6 Å². The van der Waals surface area contributed by atoms with Gasteiger partial charge in [0.1, 0.15) is 0 Å². The Morgan fingerprint density at radius 3 is 2.15 bits per heavy atom. The van der Waals surface area contributed by atoms with Gasteiger partial charge in [0.15, 0.2) is 17.3 Å². The Bertz CT molecular complexity index is 686. The lowest BCUT2D eigenvalue weighted by atomic mass is 10.0. The molecule has 4 heterocycles. The van der Waals surface area contributed by atoms with E-state index >= 15 is 0 Å². The maximum atomic E-state index is 12.7. The van der Waals surface area contributed by atoms with Crippen LogP contribution in [0.15, 0.2) is 12.1 Å². The molecule has 0 atom stereocenters. The highest BCUT2D eigenvalue weighted by Crippen LogP contribution is 2.31. The number of ether oxygens (including phenoxy) is 2. The Morgan fingerprint density at radius 2 is 1.59 bits per heavy atom. The molecule has 146 valence electrons. The van der Waals surface area contributed by atoms with Gasteiger partial charge in [0.05, 0.1) is 13.2 Å². The first-order valence-corrected chi connectivity index (χ1v) is 9.48. The quantitative estimate of drug-likeness (QED) is 0.726. The number of carbonyl (C=O) groups excluding carboxylic acids is 2. The van der Waals surface area contributed by atoms with Crippen molar-refractivity contribution in [2.24, 2.45) is 0 Å². The minimum absolute atomic E-state index is 0.0957. The molecule has 9 heteroatoms. The molecule has 9 nitrogen and oxygen atoms in total. The number of likely N-dealkylation sites (tertiary alicyclic amines) is 1. The zero-order valence-corrected chi connectivity index (χ0v) is 15.6. The molecule has 1 spiro atoms. The van der Waals surface area contributed by atoms with Gasteiger partial charge in [-0.3, -0.25) is 9.59 Å². The van der Waals surface area contributed by atoms with Crippen molar-refractivity contribution in [1.82, 2.24) is 20.0 Å². The third-order valence-corrected chi connectivity index (χ3v) is 5.54. The van der Waals surface area contributed by atoms with Crippen LogP contribution in [0.4, 0.5) is 5.82 Å². The van der Waals surface area contributed by atoms with E-state index < -0.39 is 5.79 Å².